The summed E-state index contributed by atoms with van der Waals surface area (Å²) in [6, 6.07) is 1.57. The van der Waals surface area contributed by atoms with E-state index in [1.807, 2.05) is 5.38 Å². The van der Waals surface area contributed by atoms with Crippen molar-refractivity contribution < 1.29 is 18.7 Å². The second-order valence-corrected chi connectivity index (χ2v) is 5.51. The summed E-state index contributed by atoms with van der Waals surface area (Å²) in [4.78, 5) is 23.9. The molecule has 1 amide bonds. The number of hydrogen-bond donors (Lipinski definition) is 1. The Morgan fingerprint density at radius 1 is 1.45 bits per heavy atom. The molecule has 0 unspecified atom stereocenters. The Morgan fingerprint density at radius 3 is 2.85 bits per heavy atom. The smallest absolute Gasteiger partial charge is 0.341 e. The first-order valence-electron chi connectivity index (χ1n) is 6.24. The third-order valence-corrected chi connectivity index (χ3v) is 4.15. The lowest BCUT2D eigenvalue weighted by Gasteiger charge is -2.06. The van der Waals surface area contributed by atoms with Gasteiger partial charge < -0.3 is 14.5 Å². The normalized spacial score (nSPS) is 14.1. The van der Waals surface area contributed by atoms with Gasteiger partial charge >= 0.3 is 5.97 Å². The van der Waals surface area contributed by atoms with Crippen molar-refractivity contribution >= 4 is 28.2 Å². The third kappa shape index (κ3) is 2.34. The van der Waals surface area contributed by atoms with Crippen molar-refractivity contribution in [1.29, 1.82) is 0 Å². The van der Waals surface area contributed by atoms with E-state index in [2.05, 4.69) is 5.32 Å². The van der Waals surface area contributed by atoms with E-state index >= 15 is 0 Å². The van der Waals surface area contributed by atoms with Crippen LogP contribution in [-0.4, -0.2) is 19.0 Å². The summed E-state index contributed by atoms with van der Waals surface area (Å²) in [7, 11) is 1.35. The van der Waals surface area contributed by atoms with Crippen molar-refractivity contribution in [2.24, 2.45) is 0 Å². The number of thiophene rings is 1. The van der Waals surface area contributed by atoms with E-state index < -0.39 is 5.97 Å². The first-order valence-corrected chi connectivity index (χ1v) is 7.12. The van der Waals surface area contributed by atoms with Gasteiger partial charge in [0.05, 0.1) is 24.5 Å². The standard InChI is InChI=1S/C14H13NO4S/c1-18-14(17)11-10(8-2-3-8)7-20-13(11)15-12(16)9-4-5-19-6-9/h4-8H,2-3H2,1H3,(H,15,16). The Labute approximate surface area is 119 Å². The molecule has 20 heavy (non-hydrogen) atoms. The molecular weight excluding hydrogens is 278 g/mol. The van der Waals surface area contributed by atoms with Crippen LogP contribution in [0.3, 0.4) is 0 Å². The number of anilines is 1. The van der Waals surface area contributed by atoms with Crippen LogP contribution in [0.1, 0.15) is 45.0 Å². The fourth-order valence-electron chi connectivity index (χ4n) is 2.04. The molecule has 6 heteroatoms. The van der Waals surface area contributed by atoms with E-state index in [1.54, 1.807) is 6.07 Å². The quantitative estimate of drug-likeness (QED) is 0.878. The fourth-order valence-corrected chi connectivity index (χ4v) is 3.07. The molecule has 0 radical (unpaired) electrons. The number of furan rings is 1. The Bertz CT molecular complexity index is 640. The van der Waals surface area contributed by atoms with Crippen LogP contribution in [-0.2, 0) is 4.74 Å². The number of amides is 1. The fraction of sp³-hybridized carbons (Fsp3) is 0.286. The minimum absolute atomic E-state index is 0.298. The molecule has 2 heterocycles. The molecule has 0 bridgehead atoms. The van der Waals surface area contributed by atoms with Gasteiger partial charge in [-0.05, 0) is 35.8 Å². The summed E-state index contributed by atoms with van der Waals surface area (Å²) >= 11 is 1.35. The van der Waals surface area contributed by atoms with Gasteiger partial charge in [-0.2, -0.15) is 0 Å². The summed E-state index contributed by atoms with van der Waals surface area (Å²) in [6.07, 6.45) is 4.95. The van der Waals surface area contributed by atoms with Gasteiger partial charge in [-0.25, -0.2) is 4.79 Å². The van der Waals surface area contributed by atoms with Crippen molar-refractivity contribution in [1.82, 2.24) is 0 Å². The van der Waals surface area contributed by atoms with E-state index in [0.717, 1.165) is 18.4 Å². The van der Waals surface area contributed by atoms with Crippen molar-refractivity contribution in [3.05, 3.63) is 40.7 Å². The van der Waals surface area contributed by atoms with E-state index in [1.165, 1.54) is 31.0 Å². The maximum absolute atomic E-state index is 12.0. The summed E-state index contributed by atoms with van der Waals surface area (Å²) < 4.78 is 9.70. The van der Waals surface area contributed by atoms with Crippen LogP contribution in [0.25, 0.3) is 0 Å². The number of ether oxygens (including phenoxy) is 1. The van der Waals surface area contributed by atoms with Gasteiger partial charge in [0.15, 0.2) is 0 Å². The monoisotopic (exact) mass is 291 g/mol. The third-order valence-electron chi connectivity index (χ3n) is 3.24. The van der Waals surface area contributed by atoms with Crippen LogP contribution in [0.2, 0.25) is 0 Å². The van der Waals surface area contributed by atoms with E-state index in [9.17, 15) is 9.59 Å². The Balaban J connectivity index is 1.89. The van der Waals surface area contributed by atoms with E-state index in [4.69, 9.17) is 9.15 Å². The van der Waals surface area contributed by atoms with Crippen molar-refractivity contribution in [3.8, 4) is 0 Å². The second-order valence-electron chi connectivity index (χ2n) is 4.63. The highest BCUT2D eigenvalue weighted by Gasteiger charge is 2.32. The van der Waals surface area contributed by atoms with Crippen LogP contribution in [0.5, 0.6) is 0 Å². The van der Waals surface area contributed by atoms with Crippen LogP contribution in [0, 0.1) is 0 Å². The molecule has 0 aromatic carbocycles. The second kappa shape index (κ2) is 5.13. The topological polar surface area (TPSA) is 68.5 Å². The minimum Gasteiger partial charge on any atom is -0.472 e. The van der Waals surface area contributed by atoms with Gasteiger partial charge in [0.25, 0.3) is 5.91 Å². The predicted molar refractivity (Wildman–Crippen MR) is 74.3 cm³/mol. The molecular formula is C14H13NO4S. The maximum Gasteiger partial charge on any atom is 0.341 e. The number of hydrogen-bond acceptors (Lipinski definition) is 5. The highest BCUT2D eigenvalue weighted by molar-refractivity contribution is 7.15. The minimum atomic E-state index is -0.407. The van der Waals surface area contributed by atoms with E-state index in [0.29, 0.717) is 22.0 Å². The number of carbonyl (C=O) groups excluding carboxylic acids is 2. The average Bonchev–Trinajstić information content (AvgIpc) is 3.00. The first-order chi connectivity index (χ1) is 9.70. The SMILES string of the molecule is COC(=O)c1c(C2CC2)csc1NC(=O)c1ccoc1. The van der Waals surface area contributed by atoms with Crippen molar-refractivity contribution in [2.45, 2.75) is 18.8 Å². The first kappa shape index (κ1) is 12.9. The summed E-state index contributed by atoms with van der Waals surface area (Å²) in [5.74, 6) is -0.288. The van der Waals surface area contributed by atoms with Crippen molar-refractivity contribution in [2.75, 3.05) is 12.4 Å². The molecule has 0 atom stereocenters. The largest absolute Gasteiger partial charge is 0.472 e. The lowest BCUT2D eigenvalue weighted by atomic mass is 10.1. The van der Waals surface area contributed by atoms with Crippen LogP contribution in [0.4, 0.5) is 5.00 Å². The molecule has 0 aliphatic heterocycles. The summed E-state index contributed by atoms with van der Waals surface area (Å²) in [6.45, 7) is 0. The zero-order valence-electron chi connectivity index (χ0n) is 10.8. The number of rotatable bonds is 4. The number of nitrogens with one attached hydrogen (secondary N) is 1. The Hall–Kier alpha value is -2.08. The van der Waals surface area contributed by atoms with Crippen LogP contribution in [0.15, 0.2) is 28.4 Å². The Morgan fingerprint density at radius 2 is 2.25 bits per heavy atom. The number of esters is 1. The molecule has 1 saturated carbocycles. The van der Waals surface area contributed by atoms with Crippen LogP contribution < -0.4 is 5.32 Å². The van der Waals surface area contributed by atoms with Gasteiger partial charge in [-0.3, -0.25) is 4.79 Å². The molecule has 1 N–H and O–H groups in total. The molecule has 1 aliphatic rings. The number of carbonyl (C=O) groups is 2. The zero-order valence-corrected chi connectivity index (χ0v) is 11.7. The van der Waals surface area contributed by atoms with Crippen molar-refractivity contribution in [3.63, 3.8) is 0 Å². The molecule has 0 spiro atoms. The lowest BCUT2D eigenvalue weighted by molar-refractivity contribution is 0.0601. The lowest BCUT2D eigenvalue weighted by Crippen LogP contribution is -2.13. The molecule has 2 aromatic rings. The highest BCUT2D eigenvalue weighted by atomic mass is 32.1. The van der Waals surface area contributed by atoms with Gasteiger partial charge in [-0.1, -0.05) is 0 Å². The van der Waals surface area contributed by atoms with Gasteiger partial charge in [0.1, 0.15) is 11.3 Å². The molecule has 5 nitrogen and oxygen atoms in total. The Kier molecular flexibility index (Phi) is 3.31. The van der Waals surface area contributed by atoms with Gasteiger partial charge in [0.2, 0.25) is 0 Å². The average molecular weight is 291 g/mol. The van der Waals surface area contributed by atoms with Crippen LogP contribution >= 0.6 is 11.3 Å². The van der Waals surface area contributed by atoms with Gasteiger partial charge in [0, 0.05) is 0 Å². The predicted octanol–water partition coefficient (Wildman–Crippen LogP) is 3.26. The highest BCUT2D eigenvalue weighted by Crippen LogP contribution is 2.46. The molecule has 3 rings (SSSR count). The summed E-state index contributed by atoms with van der Waals surface area (Å²) in [5, 5.41) is 5.21. The molecule has 1 fully saturated rings. The molecule has 0 saturated heterocycles. The maximum atomic E-state index is 12.0. The van der Waals surface area contributed by atoms with Gasteiger partial charge in [-0.15, -0.1) is 11.3 Å². The van der Waals surface area contributed by atoms with E-state index in [-0.39, 0.29) is 5.91 Å². The summed E-state index contributed by atoms with van der Waals surface area (Å²) in [5.41, 5.74) is 1.88. The molecule has 1 aliphatic carbocycles. The zero-order chi connectivity index (χ0) is 14.1. The molecule has 104 valence electrons. The number of methoxy groups -OCH3 is 1. The molecule has 2 aromatic heterocycles.